The number of rotatable bonds is 2. The number of nitrogens with one attached hydrogen (secondary N) is 1. The summed E-state index contributed by atoms with van der Waals surface area (Å²) >= 11 is 1.31. The molecule has 1 saturated heterocycles. The van der Waals surface area contributed by atoms with E-state index in [1.165, 1.54) is 22.5 Å². The molecular formula is C12H14N2O4S. The third kappa shape index (κ3) is 2.76. The van der Waals surface area contributed by atoms with E-state index in [-0.39, 0.29) is 22.8 Å². The van der Waals surface area contributed by atoms with Crippen LogP contribution in [0.25, 0.3) is 0 Å². The van der Waals surface area contributed by atoms with E-state index in [9.17, 15) is 14.7 Å². The summed E-state index contributed by atoms with van der Waals surface area (Å²) in [7, 11) is 0. The molecule has 19 heavy (non-hydrogen) atoms. The number of aromatic amines is 1. The van der Waals surface area contributed by atoms with Crippen LogP contribution in [0, 0.1) is 11.8 Å². The molecule has 3 atom stereocenters. The number of hydrogen-bond acceptors (Lipinski definition) is 5. The summed E-state index contributed by atoms with van der Waals surface area (Å²) < 4.78 is 1.35. The van der Waals surface area contributed by atoms with Crippen molar-refractivity contribution in [3.63, 3.8) is 0 Å². The van der Waals surface area contributed by atoms with Crippen molar-refractivity contribution in [1.29, 1.82) is 0 Å². The van der Waals surface area contributed by atoms with E-state index in [1.807, 2.05) is 0 Å². The quantitative estimate of drug-likeness (QED) is 0.621. The predicted molar refractivity (Wildman–Crippen MR) is 72.0 cm³/mol. The zero-order valence-corrected chi connectivity index (χ0v) is 11.1. The first-order chi connectivity index (χ1) is 9.06. The van der Waals surface area contributed by atoms with E-state index >= 15 is 0 Å². The number of aliphatic hydroxyl groups is 2. The SMILES string of the molecule is CC#Cc1cn([C@@H]2CC(O)[C@@H](CO)S2)c(=O)[nH]c1=O. The number of aromatic nitrogens is 2. The van der Waals surface area contributed by atoms with Gasteiger partial charge < -0.3 is 10.2 Å². The highest BCUT2D eigenvalue weighted by Crippen LogP contribution is 2.40. The molecule has 102 valence electrons. The monoisotopic (exact) mass is 282 g/mol. The Morgan fingerprint density at radius 1 is 1.58 bits per heavy atom. The molecule has 0 spiro atoms. The Labute approximate surface area is 113 Å². The minimum atomic E-state index is -0.667. The van der Waals surface area contributed by atoms with Gasteiger partial charge in [-0.3, -0.25) is 14.3 Å². The first kappa shape index (κ1) is 13.9. The van der Waals surface area contributed by atoms with Gasteiger partial charge in [0.15, 0.2) is 0 Å². The average molecular weight is 282 g/mol. The normalized spacial score (nSPS) is 25.9. The van der Waals surface area contributed by atoms with Gasteiger partial charge in [0.2, 0.25) is 0 Å². The molecular weight excluding hydrogens is 268 g/mol. The molecule has 1 aliphatic rings. The molecule has 1 fully saturated rings. The molecule has 2 heterocycles. The van der Waals surface area contributed by atoms with Crippen LogP contribution in [0.4, 0.5) is 0 Å². The molecule has 1 unspecified atom stereocenters. The summed E-state index contributed by atoms with van der Waals surface area (Å²) in [5.41, 5.74) is -0.836. The minimum Gasteiger partial charge on any atom is -0.395 e. The van der Waals surface area contributed by atoms with Crippen LogP contribution in [0.3, 0.4) is 0 Å². The van der Waals surface area contributed by atoms with E-state index in [0.29, 0.717) is 6.42 Å². The van der Waals surface area contributed by atoms with E-state index < -0.39 is 17.4 Å². The molecule has 0 saturated carbocycles. The van der Waals surface area contributed by atoms with Crippen molar-refractivity contribution in [2.24, 2.45) is 0 Å². The fourth-order valence-corrected chi connectivity index (χ4v) is 3.35. The van der Waals surface area contributed by atoms with Gasteiger partial charge in [-0.2, -0.15) is 0 Å². The van der Waals surface area contributed by atoms with Crippen LogP contribution in [0.5, 0.6) is 0 Å². The summed E-state index contributed by atoms with van der Waals surface area (Å²) in [6.45, 7) is 1.45. The Bertz CT molecular complexity index is 640. The fourth-order valence-electron chi connectivity index (χ4n) is 1.97. The zero-order chi connectivity index (χ0) is 14.0. The van der Waals surface area contributed by atoms with E-state index in [4.69, 9.17) is 5.11 Å². The number of thioether (sulfide) groups is 1. The van der Waals surface area contributed by atoms with Crippen molar-refractivity contribution in [2.45, 2.75) is 30.1 Å². The van der Waals surface area contributed by atoms with Crippen LogP contribution < -0.4 is 11.2 Å². The number of H-pyrrole nitrogens is 1. The summed E-state index contributed by atoms with van der Waals surface area (Å²) in [5.74, 6) is 5.24. The van der Waals surface area contributed by atoms with Crippen molar-refractivity contribution in [3.05, 3.63) is 32.6 Å². The van der Waals surface area contributed by atoms with Gasteiger partial charge in [0.25, 0.3) is 5.56 Å². The Balaban J connectivity index is 2.40. The first-order valence-electron chi connectivity index (χ1n) is 5.79. The highest BCUT2D eigenvalue weighted by molar-refractivity contribution is 8.00. The molecule has 1 aromatic rings. The molecule has 1 aliphatic heterocycles. The van der Waals surface area contributed by atoms with E-state index in [1.54, 1.807) is 6.92 Å². The van der Waals surface area contributed by atoms with Crippen LogP contribution in [0.15, 0.2) is 15.8 Å². The molecule has 0 aliphatic carbocycles. The lowest BCUT2D eigenvalue weighted by Gasteiger charge is -2.12. The second-order valence-corrected chi connectivity index (χ2v) is 5.62. The maximum atomic E-state index is 11.8. The fraction of sp³-hybridized carbons (Fsp3) is 0.500. The zero-order valence-electron chi connectivity index (χ0n) is 10.3. The maximum Gasteiger partial charge on any atom is 0.329 e. The first-order valence-corrected chi connectivity index (χ1v) is 6.73. The second kappa shape index (κ2) is 5.65. The van der Waals surface area contributed by atoms with E-state index in [2.05, 4.69) is 16.8 Å². The van der Waals surface area contributed by atoms with Gasteiger partial charge in [-0.15, -0.1) is 17.7 Å². The van der Waals surface area contributed by atoms with Crippen LogP contribution in [0.2, 0.25) is 0 Å². The Kier molecular flexibility index (Phi) is 4.14. The van der Waals surface area contributed by atoms with Crippen LogP contribution in [0.1, 0.15) is 24.3 Å². The van der Waals surface area contributed by atoms with Gasteiger partial charge in [0.05, 0.1) is 23.3 Å². The molecule has 7 heteroatoms. The van der Waals surface area contributed by atoms with Crippen molar-refractivity contribution in [2.75, 3.05) is 6.61 Å². The maximum absolute atomic E-state index is 11.8. The predicted octanol–water partition coefficient (Wildman–Crippen LogP) is -0.735. The summed E-state index contributed by atoms with van der Waals surface area (Å²) in [6, 6.07) is 0. The van der Waals surface area contributed by atoms with Crippen molar-refractivity contribution < 1.29 is 10.2 Å². The third-order valence-electron chi connectivity index (χ3n) is 2.92. The summed E-state index contributed by atoms with van der Waals surface area (Å²) in [4.78, 5) is 25.5. The topological polar surface area (TPSA) is 95.3 Å². The lowest BCUT2D eigenvalue weighted by Crippen LogP contribution is -2.32. The Hall–Kier alpha value is -1.49. The summed E-state index contributed by atoms with van der Waals surface area (Å²) in [6.07, 6.45) is 1.09. The Morgan fingerprint density at radius 2 is 2.32 bits per heavy atom. The van der Waals surface area contributed by atoms with Gasteiger partial charge in [0.1, 0.15) is 5.56 Å². The molecule has 0 radical (unpaired) electrons. The highest BCUT2D eigenvalue weighted by Gasteiger charge is 2.34. The largest absolute Gasteiger partial charge is 0.395 e. The molecule has 0 amide bonds. The average Bonchev–Trinajstić information content (AvgIpc) is 2.74. The summed E-state index contributed by atoms with van der Waals surface area (Å²) in [5, 5.41) is 18.2. The number of aliphatic hydroxyl groups excluding tert-OH is 2. The molecule has 6 nitrogen and oxygen atoms in total. The van der Waals surface area contributed by atoms with Crippen molar-refractivity contribution in [1.82, 2.24) is 9.55 Å². The van der Waals surface area contributed by atoms with Crippen LogP contribution >= 0.6 is 11.8 Å². The van der Waals surface area contributed by atoms with Crippen LogP contribution in [-0.2, 0) is 0 Å². The van der Waals surface area contributed by atoms with Crippen LogP contribution in [-0.4, -0.2) is 37.7 Å². The van der Waals surface area contributed by atoms with E-state index in [0.717, 1.165) is 0 Å². The molecule has 0 aromatic carbocycles. The number of hydrogen-bond donors (Lipinski definition) is 3. The minimum absolute atomic E-state index is 0.151. The third-order valence-corrected chi connectivity index (χ3v) is 4.47. The molecule has 0 bridgehead atoms. The van der Waals surface area contributed by atoms with Gasteiger partial charge in [-0.25, -0.2) is 4.79 Å². The van der Waals surface area contributed by atoms with Gasteiger partial charge in [-0.1, -0.05) is 5.92 Å². The molecule has 1 aromatic heterocycles. The lowest BCUT2D eigenvalue weighted by molar-refractivity contribution is 0.137. The van der Waals surface area contributed by atoms with Gasteiger partial charge >= 0.3 is 5.69 Å². The Morgan fingerprint density at radius 3 is 2.89 bits per heavy atom. The second-order valence-electron chi connectivity index (χ2n) is 4.20. The standard InChI is InChI=1S/C12H14N2O4S/c1-2-3-7-5-14(12(18)13-11(7)17)10-4-8(16)9(6-15)19-10/h5,8-10,15-16H,4,6H2,1H3,(H,13,17,18)/t8?,9-,10+/m1/s1. The number of nitrogens with zero attached hydrogens (tertiary/aromatic N) is 1. The van der Waals surface area contributed by atoms with Crippen molar-refractivity contribution >= 4 is 11.8 Å². The molecule has 2 rings (SSSR count). The smallest absolute Gasteiger partial charge is 0.329 e. The van der Waals surface area contributed by atoms with Crippen molar-refractivity contribution in [3.8, 4) is 11.8 Å². The lowest BCUT2D eigenvalue weighted by atomic mass is 10.2. The van der Waals surface area contributed by atoms with Gasteiger partial charge in [-0.05, 0) is 6.92 Å². The highest BCUT2D eigenvalue weighted by atomic mass is 32.2. The van der Waals surface area contributed by atoms with Gasteiger partial charge in [0, 0.05) is 12.6 Å². The molecule has 3 N–H and O–H groups in total.